The fourth-order valence-corrected chi connectivity index (χ4v) is 4.69. The van der Waals surface area contributed by atoms with Crippen LogP contribution < -0.4 is 0 Å². The SMILES string of the molecule is Cc1c(C(=O)O)cccc1S(=O)(=O)N1CC(O)(C2CC2)C1. The van der Waals surface area contributed by atoms with E-state index >= 15 is 0 Å². The second kappa shape index (κ2) is 4.53. The zero-order valence-electron chi connectivity index (χ0n) is 11.6. The number of carboxylic acids is 1. The Morgan fingerprint density at radius 2 is 1.95 bits per heavy atom. The molecule has 2 aliphatic rings. The minimum absolute atomic E-state index is 0.000229. The first kappa shape index (κ1) is 14.5. The molecule has 0 unspecified atom stereocenters. The van der Waals surface area contributed by atoms with E-state index in [-0.39, 0.29) is 35.0 Å². The Balaban J connectivity index is 1.90. The maximum absolute atomic E-state index is 12.6. The highest BCUT2D eigenvalue weighted by atomic mass is 32.2. The van der Waals surface area contributed by atoms with Gasteiger partial charge in [0.1, 0.15) is 0 Å². The lowest BCUT2D eigenvalue weighted by atomic mass is 9.91. The maximum Gasteiger partial charge on any atom is 0.335 e. The number of β-amino-alcohol motifs (C(OH)–C–C–N with tert-alkyl or cyclic N) is 1. The highest BCUT2D eigenvalue weighted by Gasteiger charge is 2.55. The lowest BCUT2D eigenvalue weighted by molar-refractivity contribution is -0.0765. The van der Waals surface area contributed by atoms with Crippen LogP contribution in [-0.2, 0) is 10.0 Å². The number of nitrogens with zero attached hydrogens (tertiary/aromatic N) is 1. The molecule has 1 saturated heterocycles. The van der Waals surface area contributed by atoms with E-state index in [0.717, 1.165) is 12.8 Å². The minimum atomic E-state index is -3.76. The van der Waals surface area contributed by atoms with Crippen LogP contribution in [0.2, 0.25) is 0 Å². The van der Waals surface area contributed by atoms with E-state index in [0.29, 0.717) is 0 Å². The highest BCUT2D eigenvalue weighted by molar-refractivity contribution is 7.89. The van der Waals surface area contributed by atoms with Gasteiger partial charge >= 0.3 is 5.97 Å². The molecule has 1 saturated carbocycles. The van der Waals surface area contributed by atoms with Crippen LogP contribution in [-0.4, -0.2) is 47.6 Å². The summed E-state index contributed by atoms with van der Waals surface area (Å²) in [4.78, 5) is 11.1. The third-order valence-electron chi connectivity index (χ3n) is 4.37. The molecule has 1 aromatic rings. The van der Waals surface area contributed by atoms with E-state index in [1.165, 1.54) is 29.4 Å². The number of carbonyl (C=O) groups is 1. The molecule has 0 spiro atoms. The van der Waals surface area contributed by atoms with Crippen molar-refractivity contribution in [2.75, 3.05) is 13.1 Å². The van der Waals surface area contributed by atoms with E-state index in [1.807, 2.05) is 0 Å². The van der Waals surface area contributed by atoms with Crippen LogP contribution >= 0.6 is 0 Å². The number of aromatic carboxylic acids is 1. The van der Waals surface area contributed by atoms with Gasteiger partial charge in [-0.3, -0.25) is 0 Å². The molecule has 0 amide bonds. The Kier molecular flexibility index (Phi) is 3.12. The van der Waals surface area contributed by atoms with E-state index in [2.05, 4.69) is 0 Å². The molecule has 6 nitrogen and oxygen atoms in total. The van der Waals surface area contributed by atoms with Crippen molar-refractivity contribution in [2.24, 2.45) is 5.92 Å². The molecule has 21 heavy (non-hydrogen) atoms. The van der Waals surface area contributed by atoms with Gasteiger partial charge in [0.2, 0.25) is 10.0 Å². The monoisotopic (exact) mass is 311 g/mol. The van der Waals surface area contributed by atoms with Crippen LogP contribution in [0.3, 0.4) is 0 Å². The average molecular weight is 311 g/mol. The number of sulfonamides is 1. The lowest BCUT2D eigenvalue weighted by Gasteiger charge is -2.45. The third kappa shape index (κ3) is 2.25. The van der Waals surface area contributed by atoms with Crippen LogP contribution in [0.5, 0.6) is 0 Å². The number of hydrogen-bond acceptors (Lipinski definition) is 4. The normalized spacial score (nSPS) is 21.8. The molecule has 7 heteroatoms. The molecule has 2 N–H and O–H groups in total. The highest BCUT2D eigenvalue weighted by Crippen LogP contribution is 2.46. The molecule has 114 valence electrons. The number of hydrogen-bond donors (Lipinski definition) is 2. The first-order chi connectivity index (χ1) is 9.75. The Hall–Kier alpha value is -1.44. The van der Waals surface area contributed by atoms with Gasteiger partial charge in [0.05, 0.1) is 16.1 Å². The fraction of sp³-hybridized carbons (Fsp3) is 0.500. The summed E-state index contributed by atoms with van der Waals surface area (Å²) in [5.74, 6) is -0.946. The number of aliphatic hydroxyl groups is 1. The Morgan fingerprint density at radius 3 is 2.48 bits per heavy atom. The smallest absolute Gasteiger partial charge is 0.335 e. The quantitative estimate of drug-likeness (QED) is 0.859. The van der Waals surface area contributed by atoms with Crippen molar-refractivity contribution in [3.63, 3.8) is 0 Å². The van der Waals surface area contributed by atoms with Gasteiger partial charge in [0, 0.05) is 13.1 Å². The van der Waals surface area contributed by atoms with Gasteiger partial charge < -0.3 is 10.2 Å². The Morgan fingerprint density at radius 1 is 1.33 bits per heavy atom. The molecule has 1 heterocycles. The van der Waals surface area contributed by atoms with Crippen molar-refractivity contribution < 1.29 is 23.4 Å². The molecule has 2 fully saturated rings. The van der Waals surface area contributed by atoms with Crippen molar-refractivity contribution in [3.05, 3.63) is 29.3 Å². The topological polar surface area (TPSA) is 94.9 Å². The predicted molar refractivity (Wildman–Crippen MR) is 74.6 cm³/mol. The van der Waals surface area contributed by atoms with Gasteiger partial charge in [0.15, 0.2) is 0 Å². The lowest BCUT2D eigenvalue weighted by Crippen LogP contribution is -2.64. The van der Waals surface area contributed by atoms with Crippen molar-refractivity contribution >= 4 is 16.0 Å². The first-order valence-corrected chi connectivity index (χ1v) is 8.25. The van der Waals surface area contributed by atoms with E-state index in [9.17, 15) is 18.3 Å². The number of benzene rings is 1. The molecular weight excluding hydrogens is 294 g/mol. The van der Waals surface area contributed by atoms with Gasteiger partial charge in [-0.1, -0.05) is 6.07 Å². The molecule has 0 radical (unpaired) electrons. The van der Waals surface area contributed by atoms with Gasteiger partial charge in [-0.15, -0.1) is 0 Å². The fourth-order valence-electron chi connectivity index (χ4n) is 2.88. The van der Waals surface area contributed by atoms with Gasteiger partial charge in [-0.05, 0) is 43.4 Å². The average Bonchev–Trinajstić information content (AvgIpc) is 3.18. The Labute approximate surface area is 123 Å². The van der Waals surface area contributed by atoms with Gasteiger partial charge in [0.25, 0.3) is 0 Å². The van der Waals surface area contributed by atoms with Crippen molar-refractivity contribution in [2.45, 2.75) is 30.3 Å². The maximum atomic E-state index is 12.6. The van der Waals surface area contributed by atoms with Crippen LogP contribution in [0.15, 0.2) is 23.1 Å². The number of carboxylic acid groups (broad SMARTS) is 1. The Bertz CT molecular complexity index is 702. The summed E-state index contributed by atoms with van der Waals surface area (Å²) in [5, 5.41) is 19.3. The second-order valence-electron chi connectivity index (χ2n) is 5.88. The van der Waals surface area contributed by atoms with Crippen LogP contribution in [0, 0.1) is 12.8 Å². The zero-order valence-corrected chi connectivity index (χ0v) is 12.4. The molecule has 1 aliphatic heterocycles. The molecule has 0 aromatic heterocycles. The summed E-state index contributed by atoms with van der Waals surface area (Å²) >= 11 is 0. The zero-order chi connectivity index (χ0) is 15.4. The summed E-state index contributed by atoms with van der Waals surface area (Å²) < 4.78 is 26.3. The van der Waals surface area contributed by atoms with Crippen molar-refractivity contribution in [1.82, 2.24) is 4.31 Å². The molecule has 0 atom stereocenters. The molecule has 1 aliphatic carbocycles. The first-order valence-electron chi connectivity index (χ1n) is 6.81. The molecule has 0 bridgehead atoms. The van der Waals surface area contributed by atoms with Crippen molar-refractivity contribution in [3.8, 4) is 0 Å². The summed E-state index contributed by atoms with van der Waals surface area (Å²) in [6.07, 6.45) is 1.88. The summed E-state index contributed by atoms with van der Waals surface area (Å²) in [5.41, 5.74) is -0.688. The minimum Gasteiger partial charge on any atom is -0.478 e. The summed E-state index contributed by atoms with van der Waals surface area (Å²) in [6.45, 7) is 1.68. The van der Waals surface area contributed by atoms with Crippen LogP contribution in [0.25, 0.3) is 0 Å². The predicted octanol–water partition coefficient (Wildman–Crippen LogP) is 0.839. The van der Waals surface area contributed by atoms with E-state index in [1.54, 1.807) is 0 Å². The number of rotatable bonds is 4. The van der Waals surface area contributed by atoms with Gasteiger partial charge in [-0.25, -0.2) is 13.2 Å². The van der Waals surface area contributed by atoms with Crippen LogP contribution in [0.1, 0.15) is 28.8 Å². The molecule has 3 rings (SSSR count). The standard InChI is InChI=1S/C14H17NO5S/c1-9-11(13(16)17)3-2-4-12(9)21(19,20)15-7-14(18,8-15)10-5-6-10/h2-4,10,18H,5-8H2,1H3,(H,16,17). The molecular formula is C14H17NO5S. The van der Waals surface area contributed by atoms with E-state index < -0.39 is 21.6 Å². The largest absolute Gasteiger partial charge is 0.478 e. The third-order valence-corrected chi connectivity index (χ3v) is 6.31. The summed E-state index contributed by atoms with van der Waals surface area (Å²) in [7, 11) is -3.76. The van der Waals surface area contributed by atoms with Gasteiger partial charge in [-0.2, -0.15) is 4.31 Å². The van der Waals surface area contributed by atoms with Crippen molar-refractivity contribution in [1.29, 1.82) is 0 Å². The molecule has 1 aromatic carbocycles. The second-order valence-corrected chi connectivity index (χ2v) is 7.79. The van der Waals surface area contributed by atoms with Crippen LogP contribution in [0.4, 0.5) is 0 Å². The van der Waals surface area contributed by atoms with E-state index in [4.69, 9.17) is 5.11 Å². The summed E-state index contributed by atoms with van der Waals surface area (Å²) in [6, 6.07) is 4.22.